The van der Waals surface area contributed by atoms with Gasteiger partial charge in [0.15, 0.2) is 0 Å². The zero-order valence-electron chi connectivity index (χ0n) is 10.4. The number of hydrogen-bond acceptors (Lipinski definition) is 3. The lowest BCUT2D eigenvalue weighted by molar-refractivity contribution is -0.122. The van der Waals surface area contributed by atoms with E-state index in [1.165, 1.54) is 6.07 Å². The van der Waals surface area contributed by atoms with Crippen LogP contribution in [0.2, 0.25) is 0 Å². The number of halogens is 1. The van der Waals surface area contributed by atoms with Crippen LogP contribution in [0.25, 0.3) is 0 Å². The highest BCUT2D eigenvalue weighted by Gasteiger charge is 2.45. The molecule has 2 unspecified atom stereocenters. The summed E-state index contributed by atoms with van der Waals surface area (Å²) in [5, 5.41) is 9.04. The summed E-state index contributed by atoms with van der Waals surface area (Å²) in [6, 6.07) is 3.41. The number of imide groups is 1. The van der Waals surface area contributed by atoms with Crippen molar-refractivity contribution in [2.24, 2.45) is 11.8 Å². The first kappa shape index (κ1) is 13.2. The molecule has 0 saturated carbocycles. The van der Waals surface area contributed by atoms with Gasteiger partial charge in [-0.3, -0.25) is 9.59 Å². The maximum absolute atomic E-state index is 13.9. The van der Waals surface area contributed by atoms with Gasteiger partial charge in [0.05, 0.1) is 5.56 Å². The standard InChI is InChI=1S/C13H12FNO4/c1-6-7(2)12(17)15(11(6)16)10-8(13(18)19)4-3-5-9(10)14/h3-7H,1-2H3,(H,18,19). The molecule has 2 atom stereocenters. The van der Waals surface area contributed by atoms with Gasteiger partial charge in [0, 0.05) is 11.8 Å². The summed E-state index contributed by atoms with van der Waals surface area (Å²) in [4.78, 5) is 35.7. The van der Waals surface area contributed by atoms with Crippen molar-refractivity contribution < 1.29 is 23.9 Å². The van der Waals surface area contributed by atoms with Crippen LogP contribution in [-0.2, 0) is 9.59 Å². The minimum Gasteiger partial charge on any atom is -0.478 e. The molecule has 0 spiro atoms. The van der Waals surface area contributed by atoms with Gasteiger partial charge in [0.2, 0.25) is 11.8 Å². The Morgan fingerprint density at radius 2 is 1.74 bits per heavy atom. The maximum Gasteiger partial charge on any atom is 0.337 e. The molecule has 100 valence electrons. The smallest absolute Gasteiger partial charge is 0.337 e. The Labute approximate surface area is 108 Å². The molecule has 5 nitrogen and oxygen atoms in total. The number of para-hydroxylation sites is 1. The van der Waals surface area contributed by atoms with Gasteiger partial charge in [0.25, 0.3) is 0 Å². The summed E-state index contributed by atoms with van der Waals surface area (Å²) >= 11 is 0. The zero-order valence-corrected chi connectivity index (χ0v) is 10.4. The van der Waals surface area contributed by atoms with E-state index in [0.29, 0.717) is 4.90 Å². The molecule has 0 aromatic heterocycles. The second-order valence-corrected chi connectivity index (χ2v) is 4.53. The predicted molar refractivity (Wildman–Crippen MR) is 64.2 cm³/mol. The van der Waals surface area contributed by atoms with E-state index < -0.39 is 46.7 Å². The second-order valence-electron chi connectivity index (χ2n) is 4.53. The van der Waals surface area contributed by atoms with E-state index in [1.54, 1.807) is 13.8 Å². The first-order valence-corrected chi connectivity index (χ1v) is 5.76. The van der Waals surface area contributed by atoms with Gasteiger partial charge in [0.1, 0.15) is 11.5 Å². The third kappa shape index (κ3) is 1.89. The molecular formula is C13H12FNO4. The third-order valence-electron chi connectivity index (χ3n) is 3.41. The van der Waals surface area contributed by atoms with Gasteiger partial charge in [-0.1, -0.05) is 19.9 Å². The molecule has 6 heteroatoms. The Morgan fingerprint density at radius 1 is 1.21 bits per heavy atom. The average molecular weight is 265 g/mol. The molecule has 0 radical (unpaired) electrons. The minimum atomic E-state index is -1.39. The van der Waals surface area contributed by atoms with Crippen LogP contribution >= 0.6 is 0 Å². The third-order valence-corrected chi connectivity index (χ3v) is 3.41. The van der Waals surface area contributed by atoms with Crippen molar-refractivity contribution in [2.75, 3.05) is 4.90 Å². The Bertz CT molecular complexity index is 564. The first-order valence-electron chi connectivity index (χ1n) is 5.76. The van der Waals surface area contributed by atoms with Gasteiger partial charge in [-0.2, -0.15) is 0 Å². The van der Waals surface area contributed by atoms with Crippen molar-refractivity contribution in [3.05, 3.63) is 29.6 Å². The molecule has 1 aliphatic heterocycles. The highest BCUT2D eigenvalue weighted by atomic mass is 19.1. The number of aromatic carboxylic acids is 1. The van der Waals surface area contributed by atoms with E-state index in [0.717, 1.165) is 12.1 Å². The lowest BCUT2D eigenvalue weighted by Gasteiger charge is -2.17. The number of carboxylic acid groups (broad SMARTS) is 1. The molecule has 1 heterocycles. The molecule has 0 aliphatic carbocycles. The fourth-order valence-corrected chi connectivity index (χ4v) is 2.08. The molecule has 1 aromatic rings. The number of anilines is 1. The molecule has 2 amide bonds. The summed E-state index contributed by atoms with van der Waals surface area (Å²) in [5.74, 6) is -4.62. The molecule has 19 heavy (non-hydrogen) atoms. The Kier molecular flexibility index (Phi) is 3.09. The number of hydrogen-bond donors (Lipinski definition) is 1. The predicted octanol–water partition coefficient (Wildman–Crippen LogP) is 1.67. The van der Waals surface area contributed by atoms with Gasteiger partial charge in [-0.05, 0) is 12.1 Å². The van der Waals surface area contributed by atoms with Gasteiger partial charge >= 0.3 is 5.97 Å². The topological polar surface area (TPSA) is 74.7 Å². The summed E-state index contributed by atoms with van der Waals surface area (Å²) in [7, 11) is 0. The van der Waals surface area contributed by atoms with E-state index >= 15 is 0 Å². The molecule has 1 saturated heterocycles. The lowest BCUT2D eigenvalue weighted by atomic mass is 10.00. The highest BCUT2D eigenvalue weighted by molar-refractivity contribution is 6.23. The number of rotatable bonds is 2. The molecule has 2 rings (SSSR count). The van der Waals surface area contributed by atoms with Crippen molar-refractivity contribution in [1.29, 1.82) is 0 Å². The highest BCUT2D eigenvalue weighted by Crippen LogP contribution is 2.34. The van der Waals surface area contributed by atoms with Crippen LogP contribution < -0.4 is 4.90 Å². The Balaban J connectivity index is 2.63. The zero-order chi connectivity index (χ0) is 14.3. The summed E-state index contributed by atoms with van der Waals surface area (Å²) in [5.41, 5.74) is -0.871. The molecule has 0 bridgehead atoms. The maximum atomic E-state index is 13.9. The van der Waals surface area contributed by atoms with E-state index in [9.17, 15) is 18.8 Å². The number of carbonyl (C=O) groups excluding carboxylic acids is 2. The summed E-state index contributed by atoms with van der Waals surface area (Å²) < 4.78 is 13.9. The largest absolute Gasteiger partial charge is 0.478 e. The van der Waals surface area contributed by atoms with Crippen molar-refractivity contribution in [2.45, 2.75) is 13.8 Å². The van der Waals surface area contributed by atoms with Crippen LogP contribution in [0.5, 0.6) is 0 Å². The van der Waals surface area contributed by atoms with Crippen LogP contribution in [0.4, 0.5) is 10.1 Å². The number of amides is 2. The Hall–Kier alpha value is -2.24. The van der Waals surface area contributed by atoms with Crippen molar-refractivity contribution >= 4 is 23.5 Å². The minimum absolute atomic E-state index is 0.400. The van der Waals surface area contributed by atoms with Crippen molar-refractivity contribution in [3.63, 3.8) is 0 Å². The van der Waals surface area contributed by atoms with Crippen LogP contribution in [0, 0.1) is 17.7 Å². The van der Waals surface area contributed by atoms with E-state index in [-0.39, 0.29) is 0 Å². The van der Waals surface area contributed by atoms with Crippen LogP contribution in [0.1, 0.15) is 24.2 Å². The summed E-state index contributed by atoms with van der Waals surface area (Å²) in [6.07, 6.45) is 0. The molecule has 1 fully saturated rings. The molecule has 1 aromatic carbocycles. The molecule has 1 N–H and O–H groups in total. The molecular weight excluding hydrogens is 253 g/mol. The fraction of sp³-hybridized carbons (Fsp3) is 0.308. The Morgan fingerprint density at radius 3 is 2.21 bits per heavy atom. The number of carboxylic acids is 1. The first-order chi connectivity index (χ1) is 8.86. The van der Waals surface area contributed by atoms with Gasteiger partial charge in [-0.15, -0.1) is 0 Å². The summed E-state index contributed by atoms with van der Waals surface area (Å²) in [6.45, 7) is 3.12. The number of nitrogens with zero attached hydrogens (tertiary/aromatic N) is 1. The fourth-order valence-electron chi connectivity index (χ4n) is 2.08. The van der Waals surface area contributed by atoms with Crippen molar-refractivity contribution in [3.8, 4) is 0 Å². The van der Waals surface area contributed by atoms with Crippen LogP contribution in [0.15, 0.2) is 18.2 Å². The monoisotopic (exact) mass is 265 g/mol. The normalized spacial score (nSPS) is 23.0. The number of carbonyl (C=O) groups is 3. The lowest BCUT2D eigenvalue weighted by Crippen LogP contribution is -2.33. The van der Waals surface area contributed by atoms with Gasteiger partial charge in [-0.25, -0.2) is 14.1 Å². The van der Waals surface area contributed by atoms with E-state index in [4.69, 9.17) is 5.11 Å². The van der Waals surface area contributed by atoms with Crippen molar-refractivity contribution in [1.82, 2.24) is 0 Å². The van der Waals surface area contributed by atoms with E-state index in [1.807, 2.05) is 0 Å². The average Bonchev–Trinajstić information content (AvgIpc) is 2.54. The molecule has 1 aliphatic rings. The van der Waals surface area contributed by atoms with Crippen LogP contribution in [0.3, 0.4) is 0 Å². The quantitative estimate of drug-likeness (QED) is 0.825. The second kappa shape index (κ2) is 4.46. The number of benzene rings is 1. The van der Waals surface area contributed by atoms with Crippen LogP contribution in [-0.4, -0.2) is 22.9 Å². The van der Waals surface area contributed by atoms with E-state index in [2.05, 4.69) is 0 Å². The SMILES string of the molecule is CC1C(=O)N(c2c(F)cccc2C(=O)O)C(=O)C1C. The van der Waals surface area contributed by atoms with Gasteiger partial charge < -0.3 is 5.11 Å².